The van der Waals surface area contributed by atoms with Crippen molar-refractivity contribution in [2.75, 3.05) is 0 Å². The molecule has 0 spiro atoms. The quantitative estimate of drug-likeness (QED) is 0.658. The average molecular weight is 366 g/mol. The summed E-state index contributed by atoms with van der Waals surface area (Å²) >= 11 is 0. The van der Waals surface area contributed by atoms with Crippen molar-refractivity contribution >= 4 is 11.9 Å². The van der Waals surface area contributed by atoms with Crippen molar-refractivity contribution in [3.63, 3.8) is 0 Å². The molecule has 0 aromatic heterocycles. The smallest absolute Gasteiger partial charge is 0.330 e. The van der Waals surface area contributed by atoms with E-state index in [4.69, 9.17) is 0 Å². The van der Waals surface area contributed by atoms with Gasteiger partial charge in [-0.3, -0.25) is 9.59 Å². The van der Waals surface area contributed by atoms with E-state index in [0.29, 0.717) is 17.5 Å². The van der Waals surface area contributed by atoms with Crippen LogP contribution in [0, 0.1) is 0 Å². The summed E-state index contributed by atoms with van der Waals surface area (Å²) in [6, 6.07) is 11.0. The molecule has 142 valence electrons. The van der Waals surface area contributed by atoms with Crippen LogP contribution >= 0.6 is 0 Å². The van der Waals surface area contributed by atoms with Crippen LogP contribution in [0.4, 0.5) is 0 Å². The predicted molar refractivity (Wildman–Crippen MR) is 105 cm³/mol. The maximum Gasteiger partial charge on any atom is 0.330 e. The fraction of sp³-hybridized carbons (Fsp3) is 0.391. The van der Waals surface area contributed by atoms with Gasteiger partial charge in [-0.25, -0.2) is 0 Å². The van der Waals surface area contributed by atoms with Gasteiger partial charge in [-0.2, -0.15) is 0 Å². The second kappa shape index (κ2) is 7.55. The highest BCUT2D eigenvalue weighted by Crippen LogP contribution is 2.51. The van der Waals surface area contributed by atoms with Crippen LogP contribution in [0.1, 0.15) is 61.8 Å². The maximum absolute atomic E-state index is 12.5. The molecule has 4 heteroatoms. The lowest BCUT2D eigenvalue weighted by Crippen LogP contribution is -2.44. The summed E-state index contributed by atoms with van der Waals surface area (Å²) in [5.74, 6) is -2.63. The van der Waals surface area contributed by atoms with E-state index < -0.39 is 17.4 Å². The Labute approximate surface area is 159 Å². The van der Waals surface area contributed by atoms with Crippen LogP contribution in [0.15, 0.2) is 36.4 Å². The van der Waals surface area contributed by atoms with E-state index in [0.717, 1.165) is 54.4 Å². The number of hydrogen-bond acceptors (Lipinski definition) is 2. The van der Waals surface area contributed by atoms with E-state index in [1.807, 2.05) is 18.2 Å². The number of aliphatic carboxylic acids is 2. The lowest BCUT2D eigenvalue weighted by atomic mass is 9.74. The number of carboxylic acid groups (broad SMARTS) is 2. The Morgan fingerprint density at radius 2 is 1.48 bits per heavy atom. The molecule has 2 aromatic carbocycles. The molecular formula is C23H26O4. The molecule has 1 aliphatic rings. The summed E-state index contributed by atoms with van der Waals surface area (Å²) in [7, 11) is 0. The van der Waals surface area contributed by atoms with Crippen LogP contribution in [0.3, 0.4) is 0 Å². The Balaban J connectivity index is 2.37. The molecule has 27 heavy (non-hydrogen) atoms. The van der Waals surface area contributed by atoms with Crippen molar-refractivity contribution in [2.45, 2.75) is 57.8 Å². The molecular weight excluding hydrogens is 340 g/mol. The first-order valence-corrected chi connectivity index (χ1v) is 9.71. The molecule has 1 aliphatic carbocycles. The van der Waals surface area contributed by atoms with Crippen LogP contribution in [0.25, 0.3) is 11.1 Å². The molecule has 4 nitrogen and oxygen atoms in total. The van der Waals surface area contributed by atoms with E-state index in [1.165, 1.54) is 0 Å². The van der Waals surface area contributed by atoms with Crippen molar-refractivity contribution in [1.82, 2.24) is 0 Å². The van der Waals surface area contributed by atoms with Gasteiger partial charge in [0.2, 0.25) is 5.41 Å². The Morgan fingerprint density at radius 3 is 2.11 bits per heavy atom. The van der Waals surface area contributed by atoms with E-state index in [1.54, 1.807) is 12.1 Å². The lowest BCUT2D eigenvalue weighted by molar-refractivity contribution is -0.155. The second-order valence-electron chi connectivity index (χ2n) is 7.24. The van der Waals surface area contributed by atoms with Crippen LogP contribution in [-0.4, -0.2) is 22.2 Å². The van der Waals surface area contributed by atoms with Crippen molar-refractivity contribution in [1.29, 1.82) is 0 Å². The van der Waals surface area contributed by atoms with Gasteiger partial charge in [0.25, 0.3) is 0 Å². The van der Waals surface area contributed by atoms with E-state index >= 15 is 0 Å². The predicted octanol–water partition coefficient (Wildman–Crippen LogP) is 4.81. The van der Waals surface area contributed by atoms with Gasteiger partial charge in [0.15, 0.2) is 0 Å². The Morgan fingerprint density at radius 1 is 0.852 bits per heavy atom. The van der Waals surface area contributed by atoms with Gasteiger partial charge >= 0.3 is 11.9 Å². The van der Waals surface area contributed by atoms with Crippen molar-refractivity contribution < 1.29 is 19.8 Å². The number of fused-ring (bicyclic) bond motifs is 3. The maximum atomic E-state index is 12.5. The monoisotopic (exact) mass is 366 g/mol. The summed E-state index contributed by atoms with van der Waals surface area (Å²) < 4.78 is 0. The largest absolute Gasteiger partial charge is 0.480 e. The van der Waals surface area contributed by atoms with Crippen molar-refractivity contribution in [3.8, 4) is 11.1 Å². The normalized spacial score (nSPS) is 13.9. The van der Waals surface area contributed by atoms with Gasteiger partial charge in [0.1, 0.15) is 0 Å². The molecule has 0 unspecified atom stereocenters. The standard InChI is InChI=1S/C23H26O4/c1-3-5-9-15-13-14-18-17-11-7-8-12-19(17)23(21(24)25,22(26)27)20(18)16(15)10-6-4-2/h7-8,11-14H,3-6,9-10H2,1-2H3,(H,24,25)(H,26,27). The van der Waals surface area contributed by atoms with Gasteiger partial charge in [-0.05, 0) is 59.1 Å². The van der Waals surface area contributed by atoms with Crippen LogP contribution in [-0.2, 0) is 27.8 Å². The highest BCUT2D eigenvalue weighted by Gasteiger charge is 2.57. The fourth-order valence-electron chi connectivity index (χ4n) is 4.30. The van der Waals surface area contributed by atoms with Gasteiger partial charge in [-0.15, -0.1) is 0 Å². The van der Waals surface area contributed by atoms with Crippen molar-refractivity contribution in [2.24, 2.45) is 0 Å². The summed E-state index contributed by atoms with van der Waals surface area (Å²) in [5, 5.41) is 20.3. The molecule has 0 saturated carbocycles. The molecule has 0 aliphatic heterocycles. The number of hydrogen-bond donors (Lipinski definition) is 2. The molecule has 0 bridgehead atoms. The number of rotatable bonds is 8. The zero-order valence-electron chi connectivity index (χ0n) is 15.9. The zero-order chi connectivity index (χ0) is 19.6. The first-order valence-electron chi connectivity index (χ1n) is 9.71. The molecule has 0 amide bonds. The first kappa shape index (κ1) is 19.2. The van der Waals surface area contributed by atoms with Crippen LogP contribution < -0.4 is 0 Å². The minimum absolute atomic E-state index is 0.366. The molecule has 0 atom stereocenters. The minimum atomic E-state index is -2.03. The summed E-state index contributed by atoms with van der Waals surface area (Å²) in [6.45, 7) is 4.21. The number of unbranched alkanes of at least 4 members (excludes halogenated alkanes) is 2. The summed E-state index contributed by atoms with van der Waals surface area (Å²) in [5.41, 5.74) is 2.29. The molecule has 3 rings (SSSR count). The lowest BCUT2D eigenvalue weighted by Gasteiger charge is -2.26. The minimum Gasteiger partial charge on any atom is -0.480 e. The zero-order valence-corrected chi connectivity index (χ0v) is 15.9. The highest BCUT2D eigenvalue weighted by molar-refractivity contribution is 6.14. The SMILES string of the molecule is CCCCc1ccc2c(c1CCCC)C(C(=O)O)(C(=O)O)c1ccccc1-2. The number of carboxylic acids is 2. The topological polar surface area (TPSA) is 74.6 Å². The fourth-order valence-corrected chi connectivity index (χ4v) is 4.30. The molecule has 2 N–H and O–H groups in total. The second-order valence-corrected chi connectivity index (χ2v) is 7.24. The molecule has 2 aromatic rings. The average Bonchev–Trinajstić information content (AvgIpc) is 2.96. The van der Waals surface area contributed by atoms with Crippen molar-refractivity contribution in [3.05, 3.63) is 58.7 Å². The third-order valence-corrected chi connectivity index (χ3v) is 5.63. The van der Waals surface area contributed by atoms with Gasteiger partial charge < -0.3 is 10.2 Å². The third kappa shape index (κ3) is 2.84. The van der Waals surface area contributed by atoms with Crippen LogP contribution in [0.5, 0.6) is 0 Å². The van der Waals surface area contributed by atoms with Gasteiger partial charge in [-0.1, -0.05) is 63.1 Å². The molecule has 0 radical (unpaired) electrons. The summed E-state index contributed by atoms with van der Waals surface area (Å²) in [4.78, 5) is 24.9. The molecule has 0 saturated heterocycles. The van der Waals surface area contributed by atoms with Crippen LogP contribution in [0.2, 0.25) is 0 Å². The molecule has 0 fully saturated rings. The molecule has 0 heterocycles. The van der Waals surface area contributed by atoms with Gasteiger partial charge in [0, 0.05) is 0 Å². The Bertz CT molecular complexity index is 868. The van der Waals surface area contributed by atoms with E-state index in [2.05, 4.69) is 19.9 Å². The number of benzene rings is 2. The number of carbonyl (C=O) groups is 2. The van der Waals surface area contributed by atoms with E-state index in [9.17, 15) is 19.8 Å². The van der Waals surface area contributed by atoms with E-state index in [-0.39, 0.29) is 0 Å². The Hall–Kier alpha value is -2.62. The highest BCUT2D eigenvalue weighted by atomic mass is 16.4. The first-order chi connectivity index (χ1) is 13.0. The number of aryl methyl sites for hydroxylation is 1. The third-order valence-electron chi connectivity index (χ3n) is 5.63. The summed E-state index contributed by atoms with van der Waals surface area (Å²) in [6.07, 6.45) is 5.45. The van der Waals surface area contributed by atoms with Gasteiger partial charge in [0.05, 0.1) is 0 Å². The Kier molecular flexibility index (Phi) is 5.36.